The van der Waals surface area contributed by atoms with E-state index in [9.17, 15) is 0 Å². The summed E-state index contributed by atoms with van der Waals surface area (Å²) in [5, 5.41) is 0.816. The number of halogens is 1. The molecule has 0 spiro atoms. The summed E-state index contributed by atoms with van der Waals surface area (Å²) < 4.78 is 0. The summed E-state index contributed by atoms with van der Waals surface area (Å²) in [6.07, 6.45) is 4.01. The minimum Gasteiger partial charge on any atom is -0.368 e. The topological polar surface area (TPSA) is 9.72 Å². The van der Waals surface area contributed by atoms with Crippen molar-refractivity contribution in [3.05, 3.63) is 59.1 Å². The third-order valence-electron chi connectivity index (χ3n) is 5.57. The molecule has 0 radical (unpaired) electrons. The van der Waals surface area contributed by atoms with Crippen LogP contribution >= 0.6 is 11.6 Å². The smallest absolute Gasteiger partial charge is 0.0607 e. The maximum absolute atomic E-state index is 6.17. The highest BCUT2D eigenvalue weighted by atomic mass is 35.5. The van der Waals surface area contributed by atoms with Crippen LogP contribution in [0.5, 0.6) is 0 Å². The predicted octanol–water partition coefficient (Wildman–Crippen LogP) is 4.65. The summed E-state index contributed by atoms with van der Waals surface area (Å²) in [7, 11) is 0. The Kier molecular flexibility index (Phi) is 5.66. The van der Waals surface area contributed by atoms with Gasteiger partial charge in [-0.3, -0.25) is 0 Å². The number of rotatable bonds is 6. The molecule has 0 saturated carbocycles. The van der Waals surface area contributed by atoms with Crippen molar-refractivity contribution in [1.29, 1.82) is 0 Å². The third-order valence-corrected chi connectivity index (χ3v) is 5.80. The standard InChI is InChI=1S/C22H28ClN3/c23-20-8-5-7-19(17-20)18-26-16-15-25(21-9-1-2-10-22(21)26)14-6-13-24-11-3-4-12-24/h1-2,5,7-10,17H,3-4,6,11-16,18H2. The Morgan fingerprint density at radius 1 is 0.769 bits per heavy atom. The Bertz CT molecular complexity index is 727. The van der Waals surface area contributed by atoms with E-state index in [0.717, 1.165) is 31.2 Å². The van der Waals surface area contributed by atoms with E-state index in [-0.39, 0.29) is 0 Å². The van der Waals surface area contributed by atoms with E-state index in [4.69, 9.17) is 11.6 Å². The molecule has 2 heterocycles. The van der Waals surface area contributed by atoms with E-state index in [0.29, 0.717) is 0 Å². The van der Waals surface area contributed by atoms with Crippen LogP contribution in [0.15, 0.2) is 48.5 Å². The lowest BCUT2D eigenvalue weighted by Crippen LogP contribution is -2.41. The van der Waals surface area contributed by atoms with Gasteiger partial charge in [-0.1, -0.05) is 35.9 Å². The molecule has 0 N–H and O–H groups in total. The Balaban J connectivity index is 1.42. The SMILES string of the molecule is Clc1cccc(CN2CCN(CCCN3CCCC3)c3ccccc32)c1. The van der Waals surface area contributed by atoms with Gasteiger partial charge < -0.3 is 14.7 Å². The lowest BCUT2D eigenvalue weighted by molar-refractivity contribution is 0.334. The van der Waals surface area contributed by atoms with Crippen LogP contribution in [0, 0.1) is 0 Å². The van der Waals surface area contributed by atoms with Crippen molar-refractivity contribution in [2.45, 2.75) is 25.8 Å². The fourth-order valence-corrected chi connectivity index (χ4v) is 4.44. The molecule has 0 amide bonds. The molecule has 4 rings (SSSR count). The van der Waals surface area contributed by atoms with Crippen molar-refractivity contribution in [2.24, 2.45) is 0 Å². The normalized spacial score (nSPS) is 17.6. The number of hydrogen-bond donors (Lipinski definition) is 0. The van der Waals surface area contributed by atoms with Crippen molar-refractivity contribution in [2.75, 3.05) is 49.1 Å². The van der Waals surface area contributed by atoms with E-state index >= 15 is 0 Å². The second-order valence-corrected chi connectivity index (χ2v) is 7.87. The van der Waals surface area contributed by atoms with Gasteiger partial charge >= 0.3 is 0 Å². The first-order valence-electron chi connectivity index (χ1n) is 9.85. The first-order valence-corrected chi connectivity index (χ1v) is 10.2. The van der Waals surface area contributed by atoms with E-state index < -0.39 is 0 Å². The molecule has 138 valence electrons. The molecular weight excluding hydrogens is 342 g/mol. The van der Waals surface area contributed by atoms with Gasteiger partial charge in [-0.25, -0.2) is 0 Å². The summed E-state index contributed by atoms with van der Waals surface area (Å²) in [5.41, 5.74) is 4.00. The quantitative estimate of drug-likeness (QED) is 0.733. The second-order valence-electron chi connectivity index (χ2n) is 7.43. The fraction of sp³-hybridized carbons (Fsp3) is 0.455. The highest BCUT2D eigenvalue weighted by Gasteiger charge is 2.22. The van der Waals surface area contributed by atoms with Crippen LogP contribution in [0.4, 0.5) is 11.4 Å². The molecule has 2 aromatic carbocycles. The zero-order valence-corrected chi connectivity index (χ0v) is 16.2. The predicted molar refractivity (Wildman–Crippen MR) is 111 cm³/mol. The number of para-hydroxylation sites is 2. The van der Waals surface area contributed by atoms with Crippen molar-refractivity contribution in [3.8, 4) is 0 Å². The summed E-state index contributed by atoms with van der Waals surface area (Å²) in [5.74, 6) is 0. The van der Waals surface area contributed by atoms with Gasteiger partial charge in [0.2, 0.25) is 0 Å². The van der Waals surface area contributed by atoms with Gasteiger partial charge in [0.15, 0.2) is 0 Å². The molecule has 2 aliphatic rings. The summed E-state index contributed by atoms with van der Waals surface area (Å²) in [6.45, 7) is 8.06. The number of nitrogens with zero attached hydrogens (tertiary/aromatic N) is 3. The molecule has 0 bridgehead atoms. The zero-order chi connectivity index (χ0) is 17.8. The van der Waals surface area contributed by atoms with Gasteiger partial charge in [0.05, 0.1) is 11.4 Å². The van der Waals surface area contributed by atoms with Crippen LogP contribution in [-0.2, 0) is 6.54 Å². The minimum absolute atomic E-state index is 0.816. The average molecular weight is 370 g/mol. The summed E-state index contributed by atoms with van der Waals surface area (Å²) in [6, 6.07) is 17.1. The van der Waals surface area contributed by atoms with Gasteiger partial charge in [0.25, 0.3) is 0 Å². The monoisotopic (exact) mass is 369 g/mol. The maximum atomic E-state index is 6.17. The van der Waals surface area contributed by atoms with Gasteiger partial charge in [-0.05, 0) is 68.7 Å². The second kappa shape index (κ2) is 8.32. The number of benzene rings is 2. The average Bonchev–Trinajstić information content (AvgIpc) is 3.17. The van der Waals surface area contributed by atoms with Gasteiger partial charge in [0.1, 0.15) is 0 Å². The van der Waals surface area contributed by atoms with Crippen molar-refractivity contribution < 1.29 is 0 Å². The molecule has 0 atom stereocenters. The Morgan fingerprint density at radius 3 is 2.27 bits per heavy atom. The van der Waals surface area contributed by atoms with Gasteiger partial charge in [0, 0.05) is 31.2 Å². The molecule has 3 nitrogen and oxygen atoms in total. The minimum atomic E-state index is 0.816. The molecule has 0 aromatic heterocycles. The van der Waals surface area contributed by atoms with Crippen LogP contribution in [-0.4, -0.2) is 44.2 Å². The molecule has 0 unspecified atom stereocenters. The number of hydrogen-bond acceptors (Lipinski definition) is 3. The van der Waals surface area contributed by atoms with E-state index in [1.165, 1.54) is 55.8 Å². The lowest BCUT2D eigenvalue weighted by Gasteiger charge is -2.39. The number of anilines is 2. The first-order chi connectivity index (χ1) is 12.8. The van der Waals surface area contributed by atoms with E-state index in [1.54, 1.807) is 0 Å². The third kappa shape index (κ3) is 4.16. The molecule has 26 heavy (non-hydrogen) atoms. The Hall–Kier alpha value is -1.71. The summed E-state index contributed by atoms with van der Waals surface area (Å²) >= 11 is 6.17. The molecule has 2 aromatic rings. The van der Waals surface area contributed by atoms with Crippen molar-refractivity contribution >= 4 is 23.0 Å². The van der Waals surface area contributed by atoms with Crippen LogP contribution in [0.3, 0.4) is 0 Å². The number of likely N-dealkylation sites (tertiary alicyclic amines) is 1. The van der Waals surface area contributed by atoms with Crippen molar-refractivity contribution in [3.63, 3.8) is 0 Å². The van der Waals surface area contributed by atoms with E-state index in [2.05, 4.69) is 51.1 Å². The van der Waals surface area contributed by atoms with Crippen LogP contribution < -0.4 is 9.80 Å². The lowest BCUT2D eigenvalue weighted by atomic mass is 10.1. The molecule has 1 saturated heterocycles. The molecule has 4 heteroatoms. The van der Waals surface area contributed by atoms with Crippen molar-refractivity contribution in [1.82, 2.24) is 4.90 Å². The van der Waals surface area contributed by atoms with Crippen LogP contribution in [0.1, 0.15) is 24.8 Å². The van der Waals surface area contributed by atoms with Crippen LogP contribution in [0.2, 0.25) is 5.02 Å². The molecule has 0 aliphatic carbocycles. The summed E-state index contributed by atoms with van der Waals surface area (Å²) in [4.78, 5) is 7.67. The Morgan fingerprint density at radius 2 is 1.50 bits per heavy atom. The molecule has 2 aliphatic heterocycles. The first kappa shape index (κ1) is 17.7. The van der Waals surface area contributed by atoms with Crippen LogP contribution in [0.25, 0.3) is 0 Å². The zero-order valence-electron chi connectivity index (χ0n) is 15.4. The molecular formula is C22H28ClN3. The highest BCUT2D eigenvalue weighted by molar-refractivity contribution is 6.30. The fourth-order valence-electron chi connectivity index (χ4n) is 4.22. The largest absolute Gasteiger partial charge is 0.368 e. The van der Waals surface area contributed by atoms with E-state index in [1.807, 2.05) is 12.1 Å². The van der Waals surface area contributed by atoms with Gasteiger partial charge in [-0.2, -0.15) is 0 Å². The maximum Gasteiger partial charge on any atom is 0.0607 e. The number of fused-ring (bicyclic) bond motifs is 1. The molecule has 1 fully saturated rings. The Labute approximate surface area is 162 Å². The highest BCUT2D eigenvalue weighted by Crippen LogP contribution is 2.34. The van der Waals surface area contributed by atoms with Gasteiger partial charge in [-0.15, -0.1) is 0 Å².